The molecule has 3 rings (SSSR count). The molecule has 0 radical (unpaired) electrons. The molecule has 0 spiro atoms. The lowest BCUT2D eigenvalue weighted by atomic mass is 10.1. The Morgan fingerprint density at radius 3 is 2.37 bits per heavy atom. The number of piperazine rings is 1. The third-order valence-electron chi connectivity index (χ3n) is 4.98. The smallest absolute Gasteiger partial charge is 0.308 e. The van der Waals surface area contributed by atoms with Crippen LogP contribution >= 0.6 is 12.2 Å². The van der Waals surface area contributed by atoms with Gasteiger partial charge in [0, 0.05) is 17.8 Å². The summed E-state index contributed by atoms with van der Waals surface area (Å²) < 4.78 is 0. The maximum Gasteiger partial charge on any atom is 0.308 e. The number of rotatable bonds is 3. The zero-order valence-electron chi connectivity index (χ0n) is 15.8. The molecular formula is C19H24N5O2S+. The molecule has 27 heavy (non-hydrogen) atoms. The predicted octanol–water partition coefficient (Wildman–Crippen LogP) is 2.85. The van der Waals surface area contributed by atoms with Gasteiger partial charge in [-0.3, -0.25) is 15.0 Å². The molecule has 142 valence electrons. The zero-order valence-corrected chi connectivity index (χ0v) is 16.6. The first-order valence-corrected chi connectivity index (χ1v) is 9.31. The maximum absolute atomic E-state index is 10.8. The summed E-state index contributed by atoms with van der Waals surface area (Å²) in [5.41, 5.74) is 4.81. The summed E-state index contributed by atoms with van der Waals surface area (Å²) in [6.07, 6.45) is 1.43. The van der Waals surface area contributed by atoms with E-state index in [1.165, 1.54) is 29.0 Å². The van der Waals surface area contributed by atoms with Crippen molar-refractivity contribution in [1.82, 2.24) is 4.90 Å². The van der Waals surface area contributed by atoms with E-state index < -0.39 is 4.92 Å². The van der Waals surface area contributed by atoms with Gasteiger partial charge in [0.1, 0.15) is 13.1 Å². The van der Waals surface area contributed by atoms with E-state index in [0.717, 1.165) is 42.8 Å². The lowest BCUT2D eigenvalue weighted by Gasteiger charge is -2.33. The Hall–Kier alpha value is -2.74. The lowest BCUT2D eigenvalue weighted by Crippen LogP contribution is -2.51. The molecule has 1 aliphatic heterocycles. The molecule has 2 aromatic rings. The molecule has 8 heteroatoms. The highest BCUT2D eigenvalue weighted by Crippen LogP contribution is 2.21. The van der Waals surface area contributed by atoms with Crippen molar-refractivity contribution >= 4 is 34.5 Å². The summed E-state index contributed by atoms with van der Waals surface area (Å²) in [5.74, 6) is 0.879. The fourth-order valence-electron chi connectivity index (χ4n) is 3.16. The molecule has 0 unspecified atom stereocenters. The fourth-order valence-corrected chi connectivity index (χ4v) is 3.45. The summed E-state index contributed by atoms with van der Waals surface area (Å²) in [6, 6.07) is 7.58. The van der Waals surface area contributed by atoms with Gasteiger partial charge < -0.3 is 10.2 Å². The van der Waals surface area contributed by atoms with E-state index in [-0.39, 0.29) is 5.69 Å². The predicted molar refractivity (Wildman–Crippen MR) is 110 cm³/mol. The number of benzene rings is 1. The van der Waals surface area contributed by atoms with Crippen molar-refractivity contribution in [3.63, 3.8) is 0 Å². The van der Waals surface area contributed by atoms with Gasteiger partial charge in [-0.15, -0.1) is 0 Å². The highest BCUT2D eigenvalue weighted by atomic mass is 32.1. The van der Waals surface area contributed by atoms with Gasteiger partial charge in [-0.05, 0) is 55.7 Å². The molecule has 7 nitrogen and oxygen atoms in total. The second-order valence-electron chi connectivity index (χ2n) is 6.84. The zero-order chi connectivity index (χ0) is 19.6. The first-order valence-electron chi connectivity index (χ1n) is 8.90. The number of anilines is 2. The monoisotopic (exact) mass is 386 g/mol. The molecule has 0 saturated carbocycles. The summed E-state index contributed by atoms with van der Waals surface area (Å²) in [4.78, 5) is 17.7. The van der Waals surface area contributed by atoms with E-state index in [1.54, 1.807) is 6.07 Å². The van der Waals surface area contributed by atoms with Crippen LogP contribution in [0.5, 0.6) is 0 Å². The van der Waals surface area contributed by atoms with Crippen LogP contribution in [0.4, 0.5) is 17.2 Å². The van der Waals surface area contributed by atoms with Crippen LogP contribution in [0.3, 0.4) is 0 Å². The standard InChI is InChI=1S/C19H23N5O2S/c1-13-10-15(3)17(11-14(13)2)21-19(27)23-8-6-22(7-9-23)18-5-4-16(12-20-18)24(25)26/h4-5,10-12H,6-9H2,1-3H3,(H,21,27)/p+1. The summed E-state index contributed by atoms with van der Waals surface area (Å²) in [6.45, 7) is 9.46. The van der Waals surface area contributed by atoms with Crippen molar-refractivity contribution < 1.29 is 9.91 Å². The van der Waals surface area contributed by atoms with Crippen molar-refractivity contribution in [2.75, 3.05) is 36.4 Å². The van der Waals surface area contributed by atoms with Crippen LogP contribution in [-0.4, -0.2) is 41.1 Å². The third kappa shape index (κ3) is 4.33. The van der Waals surface area contributed by atoms with Crippen LogP contribution in [-0.2, 0) is 0 Å². The van der Waals surface area contributed by atoms with E-state index in [1.807, 2.05) is 0 Å². The fraction of sp³-hybridized carbons (Fsp3) is 0.368. The second kappa shape index (κ2) is 7.87. The van der Waals surface area contributed by atoms with E-state index in [9.17, 15) is 10.1 Å². The molecule has 2 N–H and O–H groups in total. The minimum atomic E-state index is -0.406. The SMILES string of the molecule is Cc1cc(C)c(NC(=S)N2CCN(c3ccc([N+](=O)[O-])c[nH+]3)CC2)cc1C. The Labute approximate surface area is 164 Å². The molecule has 1 fully saturated rings. The number of H-pyrrole nitrogens is 1. The summed E-state index contributed by atoms with van der Waals surface area (Å²) in [5, 5.41) is 14.9. The third-order valence-corrected chi connectivity index (χ3v) is 5.34. The van der Waals surface area contributed by atoms with Crippen LogP contribution in [0.1, 0.15) is 16.7 Å². The molecule has 0 atom stereocenters. The minimum Gasteiger partial charge on any atom is -0.341 e. The Kier molecular flexibility index (Phi) is 5.55. The van der Waals surface area contributed by atoms with Gasteiger partial charge in [-0.2, -0.15) is 0 Å². The van der Waals surface area contributed by atoms with Gasteiger partial charge in [0.25, 0.3) is 5.82 Å². The molecule has 1 aliphatic rings. The lowest BCUT2D eigenvalue weighted by molar-refractivity contribution is -0.414. The van der Waals surface area contributed by atoms with E-state index >= 15 is 0 Å². The normalized spacial score (nSPS) is 14.2. The highest BCUT2D eigenvalue weighted by molar-refractivity contribution is 7.80. The Morgan fingerprint density at radius 2 is 1.78 bits per heavy atom. The van der Waals surface area contributed by atoms with Gasteiger partial charge in [0.2, 0.25) is 0 Å². The number of pyridine rings is 1. The van der Waals surface area contributed by atoms with Crippen molar-refractivity contribution in [3.8, 4) is 0 Å². The Morgan fingerprint density at radius 1 is 1.11 bits per heavy atom. The van der Waals surface area contributed by atoms with Gasteiger partial charge in [-0.1, -0.05) is 6.07 Å². The molecule has 1 saturated heterocycles. The van der Waals surface area contributed by atoms with Crippen molar-refractivity contribution in [2.24, 2.45) is 0 Å². The first kappa shape index (κ1) is 19.0. The number of nitrogens with one attached hydrogen (secondary N) is 2. The number of hydrogen-bond donors (Lipinski definition) is 1. The number of hydrogen-bond acceptors (Lipinski definition) is 4. The van der Waals surface area contributed by atoms with Gasteiger partial charge in [0.05, 0.1) is 18.0 Å². The molecule has 0 bridgehead atoms. The topological polar surface area (TPSA) is 75.8 Å². The van der Waals surface area contributed by atoms with Crippen LogP contribution < -0.4 is 15.2 Å². The molecule has 1 aromatic heterocycles. The van der Waals surface area contributed by atoms with Crippen molar-refractivity contribution in [1.29, 1.82) is 0 Å². The van der Waals surface area contributed by atoms with Crippen LogP contribution in [0, 0.1) is 30.9 Å². The Bertz CT molecular complexity index is 861. The molecule has 1 aromatic carbocycles. The molecular weight excluding hydrogens is 362 g/mol. The molecule has 2 heterocycles. The number of nitro groups is 1. The summed E-state index contributed by atoms with van der Waals surface area (Å²) in [7, 11) is 0. The average molecular weight is 387 g/mol. The number of thiocarbonyl (C=S) groups is 1. The summed E-state index contributed by atoms with van der Waals surface area (Å²) >= 11 is 5.61. The minimum absolute atomic E-state index is 0.0616. The van der Waals surface area contributed by atoms with E-state index in [4.69, 9.17) is 12.2 Å². The average Bonchev–Trinajstić information content (AvgIpc) is 2.66. The quantitative estimate of drug-likeness (QED) is 0.497. The maximum atomic E-state index is 10.8. The Balaban J connectivity index is 1.59. The van der Waals surface area contributed by atoms with E-state index in [0.29, 0.717) is 0 Å². The number of nitrogens with zero attached hydrogens (tertiary/aromatic N) is 3. The van der Waals surface area contributed by atoms with E-state index in [2.05, 4.69) is 53.0 Å². The van der Waals surface area contributed by atoms with Crippen molar-refractivity contribution in [3.05, 3.63) is 57.3 Å². The molecule has 0 amide bonds. The molecule has 0 aliphatic carbocycles. The van der Waals surface area contributed by atoms with Crippen LogP contribution in [0.25, 0.3) is 0 Å². The number of aromatic nitrogens is 1. The highest BCUT2D eigenvalue weighted by Gasteiger charge is 2.25. The van der Waals surface area contributed by atoms with Gasteiger partial charge >= 0.3 is 5.69 Å². The second-order valence-corrected chi connectivity index (χ2v) is 7.23. The largest absolute Gasteiger partial charge is 0.341 e. The number of aromatic amines is 1. The van der Waals surface area contributed by atoms with Gasteiger partial charge in [0.15, 0.2) is 11.3 Å². The first-order chi connectivity index (χ1) is 12.8. The van der Waals surface area contributed by atoms with Crippen LogP contribution in [0.2, 0.25) is 0 Å². The number of aryl methyl sites for hydroxylation is 3. The van der Waals surface area contributed by atoms with Gasteiger partial charge in [-0.25, -0.2) is 4.98 Å². The van der Waals surface area contributed by atoms with Crippen LogP contribution in [0.15, 0.2) is 30.5 Å². The van der Waals surface area contributed by atoms with Crippen molar-refractivity contribution in [2.45, 2.75) is 20.8 Å².